The van der Waals surface area contributed by atoms with E-state index in [1.807, 2.05) is 0 Å². The fourth-order valence-corrected chi connectivity index (χ4v) is 1.82. The van der Waals surface area contributed by atoms with E-state index < -0.39 is 6.03 Å². The summed E-state index contributed by atoms with van der Waals surface area (Å²) in [5, 5.41) is 3.82. The van der Waals surface area contributed by atoms with Crippen LogP contribution in [0.4, 0.5) is 4.79 Å². The van der Waals surface area contributed by atoms with E-state index in [0.717, 1.165) is 5.56 Å². The minimum Gasteiger partial charge on any atom is -0.462 e. The van der Waals surface area contributed by atoms with Gasteiger partial charge in [0.05, 0.1) is 23.6 Å². The average Bonchev–Trinajstić information content (AvgIpc) is 2.62. The normalized spacial score (nSPS) is 11.3. The fourth-order valence-electron chi connectivity index (χ4n) is 1.82. The van der Waals surface area contributed by atoms with Gasteiger partial charge in [0.2, 0.25) is 0 Å². The topological polar surface area (TPSA) is 110 Å². The molecule has 0 unspecified atom stereocenters. The molecule has 7 heteroatoms. The fraction of sp³-hybridized carbons (Fsp3) is 0.417. The molecule has 1 heterocycles. The number of nitrogens with one attached hydrogen (secondary N) is 2. The Morgan fingerprint density at radius 2 is 2.05 bits per heavy atom. The molecule has 0 saturated heterocycles. The van der Waals surface area contributed by atoms with E-state index in [2.05, 4.69) is 15.5 Å². The minimum absolute atomic E-state index is 0.314. The molecule has 0 fully saturated rings. The number of hydrogen-bond donors (Lipinski definition) is 3. The number of aromatic amines is 1. The van der Waals surface area contributed by atoms with Crippen molar-refractivity contribution in [2.75, 3.05) is 6.61 Å². The van der Waals surface area contributed by atoms with E-state index in [9.17, 15) is 9.59 Å². The second-order valence-electron chi connectivity index (χ2n) is 4.02. The second kappa shape index (κ2) is 6.03. The lowest BCUT2D eigenvalue weighted by atomic mass is 10.1. The Labute approximate surface area is 111 Å². The maximum absolute atomic E-state index is 11.8. The summed E-state index contributed by atoms with van der Waals surface area (Å²) < 4.78 is 4.99. The number of carbonyl (C=O) groups excluding carboxylic acids is 2. The Bertz CT molecular complexity index is 531. The van der Waals surface area contributed by atoms with Crippen LogP contribution >= 0.6 is 0 Å². The predicted octanol–water partition coefficient (Wildman–Crippen LogP) is 1.20. The highest BCUT2D eigenvalue weighted by molar-refractivity contribution is 6.03. The van der Waals surface area contributed by atoms with Crippen molar-refractivity contribution in [1.29, 1.82) is 0 Å². The summed E-state index contributed by atoms with van der Waals surface area (Å²) in [5.74, 6) is -0.379. The Hall–Kier alpha value is -2.31. The standard InChI is InChI=1S/C12H18N4O3/c1-5-19-11(17)9-6(2)10(14-7(9)3)8(4)15-16-12(13)18/h14H,5H2,1-4H3,(H3,13,16,18)/b15-8+. The van der Waals surface area contributed by atoms with E-state index in [-0.39, 0.29) is 5.97 Å². The van der Waals surface area contributed by atoms with E-state index >= 15 is 0 Å². The molecule has 1 aromatic heterocycles. The van der Waals surface area contributed by atoms with Gasteiger partial charge >= 0.3 is 12.0 Å². The maximum Gasteiger partial charge on any atom is 0.340 e. The number of rotatable bonds is 4. The molecule has 4 N–H and O–H groups in total. The van der Waals surface area contributed by atoms with Crippen LogP contribution in [0.15, 0.2) is 5.10 Å². The molecule has 0 atom stereocenters. The van der Waals surface area contributed by atoms with Gasteiger partial charge in [-0.25, -0.2) is 15.0 Å². The van der Waals surface area contributed by atoms with Gasteiger partial charge in [-0.2, -0.15) is 5.10 Å². The van der Waals surface area contributed by atoms with Crippen LogP contribution in [0.3, 0.4) is 0 Å². The van der Waals surface area contributed by atoms with Crippen molar-refractivity contribution < 1.29 is 14.3 Å². The zero-order valence-corrected chi connectivity index (χ0v) is 11.5. The van der Waals surface area contributed by atoms with Gasteiger partial charge < -0.3 is 15.5 Å². The molecule has 0 bridgehead atoms. The zero-order valence-electron chi connectivity index (χ0n) is 11.5. The number of primary amides is 1. The van der Waals surface area contributed by atoms with Gasteiger partial charge in [-0.1, -0.05) is 0 Å². The van der Waals surface area contributed by atoms with Crippen molar-refractivity contribution in [3.8, 4) is 0 Å². The number of urea groups is 1. The predicted molar refractivity (Wildman–Crippen MR) is 71.2 cm³/mol. The highest BCUT2D eigenvalue weighted by Crippen LogP contribution is 2.19. The van der Waals surface area contributed by atoms with Crippen molar-refractivity contribution in [2.24, 2.45) is 10.8 Å². The lowest BCUT2D eigenvalue weighted by Gasteiger charge is -2.03. The zero-order chi connectivity index (χ0) is 14.6. The van der Waals surface area contributed by atoms with Crippen LogP contribution in [0.5, 0.6) is 0 Å². The number of H-pyrrole nitrogens is 1. The molecule has 0 saturated carbocycles. The Morgan fingerprint density at radius 1 is 1.42 bits per heavy atom. The molecule has 0 radical (unpaired) electrons. The quantitative estimate of drug-likeness (QED) is 0.432. The molecule has 1 aromatic rings. The average molecular weight is 266 g/mol. The number of hydrazone groups is 1. The van der Waals surface area contributed by atoms with Crippen molar-refractivity contribution in [3.63, 3.8) is 0 Å². The number of esters is 1. The van der Waals surface area contributed by atoms with Crippen LogP contribution in [0.2, 0.25) is 0 Å². The van der Waals surface area contributed by atoms with Crippen LogP contribution in [0, 0.1) is 13.8 Å². The Morgan fingerprint density at radius 3 is 2.58 bits per heavy atom. The molecular weight excluding hydrogens is 248 g/mol. The summed E-state index contributed by atoms with van der Waals surface area (Å²) in [4.78, 5) is 25.5. The molecule has 0 aliphatic rings. The highest BCUT2D eigenvalue weighted by Gasteiger charge is 2.20. The molecule has 0 aliphatic heterocycles. The summed E-state index contributed by atoms with van der Waals surface area (Å²) in [6.07, 6.45) is 0. The summed E-state index contributed by atoms with van der Waals surface area (Å²) >= 11 is 0. The van der Waals surface area contributed by atoms with E-state index in [1.165, 1.54) is 0 Å². The van der Waals surface area contributed by atoms with Gasteiger partial charge in [-0.05, 0) is 33.3 Å². The number of ether oxygens (including phenoxy) is 1. The number of nitrogens with two attached hydrogens (primary N) is 1. The molecular formula is C12H18N4O3. The number of carbonyl (C=O) groups is 2. The molecule has 2 amide bonds. The van der Waals surface area contributed by atoms with Crippen LogP contribution in [0.25, 0.3) is 0 Å². The van der Waals surface area contributed by atoms with Crippen LogP contribution in [-0.2, 0) is 4.74 Å². The smallest absolute Gasteiger partial charge is 0.340 e. The van der Waals surface area contributed by atoms with Crippen LogP contribution < -0.4 is 11.2 Å². The third-order valence-corrected chi connectivity index (χ3v) is 2.61. The maximum atomic E-state index is 11.8. The molecule has 0 aromatic carbocycles. The SMILES string of the molecule is CCOC(=O)c1c(C)[nH]c(/C(C)=N/NC(N)=O)c1C. The summed E-state index contributed by atoms with van der Waals surface area (Å²) in [6, 6.07) is -0.745. The van der Waals surface area contributed by atoms with Crippen molar-refractivity contribution in [2.45, 2.75) is 27.7 Å². The number of hydrogen-bond acceptors (Lipinski definition) is 4. The van der Waals surface area contributed by atoms with Gasteiger partial charge in [0.1, 0.15) is 0 Å². The third-order valence-electron chi connectivity index (χ3n) is 2.61. The molecule has 0 spiro atoms. The van der Waals surface area contributed by atoms with Crippen LogP contribution in [0.1, 0.15) is 41.2 Å². The van der Waals surface area contributed by atoms with Crippen LogP contribution in [-0.4, -0.2) is 29.3 Å². The van der Waals surface area contributed by atoms with E-state index in [4.69, 9.17) is 10.5 Å². The Kier molecular flexibility index (Phi) is 4.68. The van der Waals surface area contributed by atoms with Gasteiger partial charge in [0.15, 0.2) is 0 Å². The first-order valence-corrected chi connectivity index (χ1v) is 5.84. The molecule has 7 nitrogen and oxygen atoms in total. The second-order valence-corrected chi connectivity index (χ2v) is 4.02. The number of aryl methyl sites for hydroxylation is 1. The van der Waals surface area contributed by atoms with Gasteiger partial charge in [0.25, 0.3) is 0 Å². The lowest BCUT2D eigenvalue weighted by Crippen LogP contribution is -2.25. The third kappa shape index (κ3) is 3.34. The molecule has 19 heavy (non-hydrogen) atoms. The summed E-state index contributed by atoms with van der Waals surface area (Å²) in [7, 11) is 0. The monoisotopic (exact) mass is 266 g/mol. The van der Waals surface area contributed by atoms with E-state index in [1.54, 1.807) is 27.7 Å². The van der Waals surface area contributed by atoms with E-state index in [0.29, 0.717) is 29.3 Å². The summed E-state index contributed by atoms with van der Waals surface area (Å²) in [6.45, 7) is 7.32. The first kappa shape index (κ1) is 14.7. The van der Waals surface area contributed by atoms with Crippen molar-refractivity contribution in [3.05, 3.63) is 22.5 Å². The number of nitrogens with zero attached hydrogens (tertiary/aromatic N) is 1. The number of aromatic nitrogens is 1. The number of amides is 2. The van der Waals surface area contributed by atoms with Gasteiger partial charge in [-0.3, -0.25) is 0 Å². The van der Waals surface area contributed by atoms with Crippen molar-refractivity contribution >= 4 is 17.7 Å². The first-order valence-electron chi connectivity index (χ1n) is 5.84. The highest BCUT2D eigenvalue weighted by atomic mass is 16.5. The molecule has 1 rings (SSSR count). The Balaban J connectivity index is 3.12. The summed E-state index contributed by atoms with van der Waals surface area (Å²) in [5.41, 5.74) is 10.2. The van der Waals surface area contributed by atoms with Crippen molar-refractivity contribution in [1.82, 2.24) is 10.4 Å². The molecule has 0 aliphatic carbocycles. The minimum atomic E-state index is -0.745. The first-order chi connectivity index (χ1) is 8.88. The van der Waals surface area contributed by atoms with Gasteiger partial charge in [0, 0.05) is 5.69 Å². The largest absolute Gasteiger partial charge is 0.462 e. The molecule has 104 valence electrons. The lowest BCUT2D eigenvalue weighted by molar-refractivity contribution is 0.0525. The van der Waals surface area contributed by atoms with Gasteiger partial charge in [-0.15, -0.1) is 0 Å².